The molecule has 0 bridgehead atoms. The highest BCUT2D eigenvalue weighted by Crippen LogP contribution is 2.45. The number of hydrogen-bond acceptors (Lipinski definition) is 2. The van der Waals surface area contributed by atoms with Crippen LogP contribution in [-0.2, 0) is 10.0 Å². The third kappa shape index (κ3) is 2.58. The molecule has 2 rings (SSSR count). The first kappa shape index (κ1) is 12.7. The van der Waals surface area contributed by atoms with Crippen molar-refractivity contribution in [3.63, 3.8) is 0 Å². The molecule has 1 aromatic rings. The minimum absolute atomic E-state index is 0.509. The fourth-order valence-electron chi connectivity index (χ4n) is 1.90. The van der Waals surface area contributed by atoms with Crippen molar-refractivity contribution in [3.8, 4) is 0 Å². The number of nitrogens with zero attached hydrogens (tertiary/aromatic N) is 1. The number of hydrogen-bond donors (Lipinski definition) is 0. The van der Waals surface area contributed by atoms with Crippen LogP contribution < -0.4 is 4.31 Å². The molecule has 1 aliphatic rings. The van der Waals surface area contributed by atoms with Crippen LogP contribution in [0, 0.1) is 6.92 Å². The summed E-state index contributed by atoms with van der Waals surface area (Å²) in [6.07, 6.45) is 3.49. The lowest BCUT2D eigenvalue weighted by atomic mass is 10.1. The summed E-state index contributed by atoms with van der Waals surface area (Å²) in [4.78, 5) is 0. The van der Waals surface area contributed by atoms with E-state index in [4.69, 9.17) is 11.6 Å². The van der Waals surface area contributed by atoms with E-state index in [2.05, 4.69) is 0 Å². The van der Waals surface area contributed by atoms with Gasteiger partial charge in [0, 0.05) is 12.1 Å². The van der Waals surface area contributed by atoms with Gasteiger partial charge in [0.25, 0.3) is 0 Å². The maximum Gasteiger partial charge on any atom is 0.232 e. The average Bonchev–Trinajstić information content (AvgIpc) is 2.99. The van der Waals surface area contributed by atoms with Gasteiger partial charge in [-0.2, -0.15) is 0 Å². The van der Waals surface area contributed by atoms with E-state index in [1.54, 1.807) is 7.05 Å². The van der Waals surface area contributed by atoms with Crippen molar-refractivity contribution in [2.45, 2.75) is 25.7 Å². The van der Waals surface area contributed by atoms with Crippen LogP contribution in [0.25, 0.3) is 0 Å². The summed E-state index contributed by atoms with van der Waals surface area (Å²) in [5.41, 5.74) is 2.67. The SMILES string of the molecule is Cc1cc(Cl)c(C2CC2)cc1N(C)S(C)(=O)=O. The van der Waals surface area contributed by atoms with Crippen LogP contribution in [-0.4, -0.2) is 21.7 Å². The zero-order valence-corrected chi connectivity index (χ0v) is 11.8. The van der Waals surface area contributed by atoms with Crippen LogP contribution in [0.5, 0.6) is 0 Å². The van der Waals surface area contributed by atoms with Gasteiger partial charge in [0.2, 0.25) is 10.0 Å². The lowest BCUT2D eigenvalue weighted by Gasteiger charge is -2.20. The van der Waals surface area contributed by atoms with Gasteiger partial charge in [0.05, 0.1) is 11.9 Å². The highest BCUT2D eigenvalue weighted by atomic mass is 35.5. The van der Waals surface area contributed by atoms with E-state index in [9.17, 15) is 8.42 Å². The summed E-state index contributed by atoms with van der Waals surface area (Å²) in [7, 11) is -1.65. The molecule has 94 valence electrons. The van der Waals surface area contributed by atoms with Gasteiger partial charge in [-0.05, 0) is 48.9 Å². The maximum absolute atomic E-state index is 11.6. The Labute approximate surface area is 107 Å². The largest absolute Gasteiger partial charge is 0.273 e. The molecule has 1 aromatic carbocycles. The molecule has 0 amide bonds. The molecule has 0 spiro atoms. The lowest BCUT2D eigenvalue weighted by molar-refractivity contribution is 0.600. The third-order valence-electron chi connectivity index (χ3n) is 3.17. The molecule has 0 N–H and O–H groups in total. The Hall–Kier alpha value is -0.740. The second kappa shape index (κ2) is 4.18. The Morgan fingerprint density at radius 2 is 1.94 bits per heavy atom. The molecule has 0 heterocycles. The van der Waals surface area contributed by atoms with E-state index in [0.717, 1.165) is 34.7 Å². The lowest BCUT2D eigenvalue weighted by Crippen LogP contribution is -2.25. The summed E-state index contributed by atoms with van der Waals surface area (Å²) >= 11 is 6.19. The number of halogens is 1. The van der Waals surface area contributed by atoms with E-state index in [1.165, 1.54) is 10.6 Å². The Balaban J connectivity index is 2.50. The normalized spacial score (nSPS) is 16.0. The van der Waals surface area contributed by atoms with Crippen molar-refractivity contribution >= 4 is 27.3 Å². The fraction of sp³-hybridized carbons (Fsp3) is 0.500. The van der Waals surface area contributed by atoms with Crippen LogP contribution in [0.2, 0.25) is 5.02 Å². The number of rotatable bonds is 3. The highest BCUT2D eigenvalue weighted by molar-refractivity contribution is 7.92. The molecule has 0 aliphatic heterocycles. The van der Waals surface area contributed by atoms with Crippen LogP contribution in [0.15, 0.2) is 12.1 Å². The van der Waals surface area contributed by atoms with Gasteiger partial charge >= 0.3 is 0 Å². The molecule has 0 unspecified atom stereocenters. The topological polar surface area (TPSA) is 37.4 Å². The summed E-state index contributed by atoms with van der Waals surface area (Å²) in [6.45, 7) is 1.87. The Morgan fingerprint density at radius 1 is 1.35 bits per heavy atom. The predicted molar refractivity (Wildman–Crippen MR) is 71.4 cm³/mol. The van der Waals surface area contributed by atoms with Crippen LogP contribution >= 0.6 is 11.6 Å². The molecule has 0 radical (unpaired) electrons. The molecular formula is C12H16ClNO2S. The molecule has 0 saturated heterocycles. The summed E-state index contributed by atoms with van der Waals surface area (Å²) in [5, 5.41) is 0.746. The highest BCUT2D eigenvalue weighted by Gasteiger charge is 2.27. The summed E-state index contributed by atoms with van der Waals surface area (Å²) in [5.74, 6) is 0.509. The predicted octanol–water partition coefficient (Wildman–Crippen LogP) is 2.92. The first-order valence-corrected chi connectivity index (χ1v) is 7.77. The van der Waals surface area contributed by atoms with E-state index in [1.807, 2.05) is 19.1 Å². The van der Waals surface area contributed by atoms with E-state index in [0.29, 0.717) is 5.92 Å². The van der Waals surface area contributed by atoms with Crippen molar-refractivity contribution in [1.29, 1.82) is 0 Å². The number of benzene rings is 1. The third-order valence-corrected chi connectivity index (χ3v) is 4.69. The van der Waals surface area contributed by atoms with Crippen LogP contribution in [0.3, 0.4) is 0 Å². The van der Waals surface area contributed by atoms with Crippen molar-refractivity contribution in [2.24, 2.45) is 0 Å². The van der Waals surface area contributed by atoms with Gasteiger partial charge in [-0.3, -0.25) is 4.31 Å². The second-order valence-corrected chi connectivity index (χ2v) is 7.09. The van der Waals surface area contributed by atoms with Crippen molar-refractivity contribution < 1.29 is 8.42 Å². The van der Waals surface area contributed by atoms with E-state index >= 15 is 0 Å². The molecule has 0 atom stereocenters. The van der Waals surface area contributed by atoms with Crippen LogP contribution in [0.1, 0.15) is 29.9 Å². The molecule has 3 nitrogen and oxygen atoms in total. The first-order valence-electron chi connectivity index (χ1n) is 5.54. The monoisotopic (exact) mass is 273 g/mol. The summed E-state index contributed by atoms with van der Waals surface area (Å²) < 4.78 is 24.4. The van der Waals surface area contributed by atoms with Gasteiger partial charge in [0.15, 0.2) is 0 Å². The Kier molecular flexibility index (Phi) is 3.12. The molecular weight excluding hydrogens is 258 g/mol. The second-order valence-electron chi connectivity index (χ2n) is 4.66. The molecule has 5 heteroatoms. The molecule has 17 heavy (non-hydrogen) atoms. The number of aryl methyl sites for hydroxylation is 1. The molecule has 1 fully saturated rings. The minimum Gasteiger partial charge on any atom is -0.273 e. The minimum atomic E-state index is -3.22. The van der Waals surface area contributed by atoms with Crippen molar-refractivity contribution in [3.05, 3.63) is 28.3 Å². The smallest absolute Gasteiger partial charge is 0.232 e. The zero-order valence-electron chi connectivity index (χ0n) is 10.2. The average molecular weight is 274 g/mol. The van der Waals surface area contributed by atoms with Crippen molar-refractivity contribution in [1.82, 2.24) is 0 Å². The maximum atomic E-state index is 11.6. The van der Waals surface area contributed by atoms with Gasteiger partial charge < -0.3 is 0 Å². The standard InChI is InChI=1S/C12H16ClNO2S/c1-8-6-11(13)10(9-4-5-9)7-12(8)14(2)17(3,15)16/h6-7,9H,4-5H2,1-3H3. The van der Waals surface area contributed by atoms with Gasteiger partial charge in [-0.15, -0.1) is 0 Å². The van der Waals surface area contributed by atoms with Gasteiger partial charge in [-0.1, -0.05) is 11.6 Å². The van der Waals surface area contributed by atoms with Gasteiger partial charge in [0.1, 0.15) is 0 Å². The Morgan fingerprint density at radius 3 is 2.41 bits per heavy atom. The summed E-state index contributed by atoms with van der Waals surface area (Å²) in [6, 6.07) is 3.77. The quantitative estimate of drug-likeness (QED) is 0.849. The fourth-order valence-corrected chi connectivity index (χ4v) is 2.83. The number of sulfonamides is 1. The molecule has 0 aromatic heterocycles. The van der Waals surface area contributed by atoms with E-state index in [-0.39, 0.29) is 0 Å². The number of anilines is 1. The van der Waals surface area contributed by atoms with Crippen LogP contribution in [0.4, 0.5) is 5.69 Å². The van der Waals surface area contributed by atoms with Crippen molar-refractivity contribution in [2.75, 3.05) is 17.6 Å². The van der Waals surface area contributed by atoms with E-state index < -0.39 is 10.0 Å². The zero-order chi connectivity index (χ0) is 12.8. The van der Waals surface area contributed by atoms with Gasteiger partial charge in [-0.25, -0.2) is 8.42 Å². The molecule has 1 saturated carbocycles. The Bertz CT molecular complexity index is 550. The first-order chi connectivity index (χ1) is 7.80. The molecule has 1 aliphatic carbocycles.